The second-order valence-corrected chi connectivity index (χ2v) is 9.86. The highest BCUT2D eigenvalue weighted by Gasteiger charge is 2.38. The van der Waals surface area contributed by atoms with Crippen molar-refractivity contribution in [2.75, 3.05) is 26.2 Å². The summed E-state index contributed by atoms with van der Waals surface area (Å²) in [5.41, 5.74) is -1.76. The van der Waals surface area contributed by atoms with Gasteiger partial charge < -0.3 is 10.2 Å². The first-order chi connectivity index (χ1) is 19.3. The third kappa shape index (κ3) is 7.02. The van der Waals surface area contributed by atoms with Crippen molar-refractivity contribution in [2.24, 2.45) is 0 Å². The van der Waals surface area contributed by atoms with Crippen molar-refractivity contribution in [3.8, 4) is 0 Å². The standard InChI is InChI=1S/C30H27F6N3O2/c1-18-5-6-20(12-19(18)2)13-25(28(41)39-10-8-37-9-11-39)26(21-4-3-7-38-17-21)27(40)22-14-23(29(31,32)33)16-24(15-22)30(34,35)36/h3-7,12,14-17,37H,8-11,13H2,1-2H3. The van der Waals surface area contributed by atoms with Crippen LogP contribution >= 0.6 is 0 Å². The molecule has 0 unspecified atom stereocenters. The van der Waals surface area contributed by atoms with Crippen LogP contribution in [0.5, 0.6) is 0 Å². The molecule has 1 N–H and O–H groups in total. The summed E-state index contributed by atoms with van der Waals surface area (Å²) in [6, 6.07) is 9.09. The van der Waals surface area contributed by atoms with Crippen LogP contribution in [-0.2, 0) is 23.6 Å². The molecule has 41 heavy (non-hydrogen) atoms. The highest BCUT2D eigenvalue weighted by atomic mass is 19.4. The summed E-state index contributed by atoms with van der Waals surface area (Å²) >= 11 is 0. The number of allylic oxidation sites excluding steroid dienone is 1. The molecule has 2 aromatic carbocycles. The van der Waals surface area contributed by atoms with E-state index in [1.54, 1.807) is 6.07 Å². The number of Topliss-reactive ketones (excluding diaryl/α,β-unsaturated/α-hetero) is 1. The van der Waals surface area contributed by atoms with Gasteiger partial charge in [-0.25, -0.2) is 0 Å². The normalized spacial score (nSPS) is 15.0. The van der Waals surface area contributed by atoms with Crippen LogP contribution in [0.15, 0.2) is 66.5 Å². The molecule has 4 rings (SSSR count). The summed E-state index contributed by atoms with van der Waals surface area (Å²) in [4.78, 5) is 33.5. The number of nitrogens with zero attached hydrogens (tertiary/aromatic N) is 2. The molecular formula is C30H27F6N3O2. The second kappa shape index (κ2) is 11.9. The quantitative estimate of drug-likeness (QED) is 0.221. The zero-order chi connectivity index (χ0) is 29.9. The maximum atomic E-state index is 14.0. The largest absolute Gasteiger partial charge is 0.416 e. The Morgan fingerprint density at radius 1 is 0.854 bits per heavy atom. The number of amides is 1. The molecule has 0 atom stereocenters. The van der Waals surface area contributed by atoms with Gasteiger partial charge in [0.15, 0.2) is 5.78 Å². The monoisotopic (exact) mass is 575 g/mol. The lowest BCUT2D eigenvalue weighted by atomic mass is 9.87. The molecular weight excluding hydrogens is 548 g/mol. The number of hydrogen-bond donors (Lipinski definition) is 1. The molecule has 216 valence electrons. The van der Waals surface area contributed by atoms with E-state index in [1.807, 2.05) is 26.0 Å². The molecule has 2 heterocycles. The van der Waals surface area contributed by atoms with E-state index < -0.39 is 40.7 Å². The van der Waals surface area contributed by atoms with Crippen molar-refractivity contribution in [1.29, 1.82) is 0 Å². The number of nitrogens with one attached hydrogen (secondary N) is 1. The molecule has 1 fully saturated rings. The number of piperazine rings is 1. The van der Waals surface area contributed by atoms with Crippen LogP contribution in [0.4, 0.5) is 26.3 Å². The fourth-order valence-corrected chi connectivity index (χ4v) is 4.63. The molecule has 1 saturated heterocycles. The number of rotatable bonds is 6. The van der Waals surface area contributed by atoms with Gasteiger partial charge in [-0.2, -0.15) is 26.3 Å². The van der Waals surface area contributed by atoms with E-state index in [0.717, 1.165) is 11.1 Å². The Kier molecular flexibility index (Phi) is 8.67. The first-order valence-corrected chi connectivity index (χ1v) is 12.8. The van der Waals surface area contributed by atoms with Gasteiger partial charge in [-0.1, -0.05) is 24.3 Å². The number of alkyl halides is 6. The van der Waals surface area contributed by atoms with Gasteiger partial charge >= 0.3 is 12.4 Å². The first kappa shape index (κ1) is 30.0. The Morgan fingerprint density at radius 2 is 1.49 bits per heavy atom. The van der Waals surface area contributed by atoms with Crippen LogP contribution in [0.25, 0.3) is 5.57 Å². The molecule has 0 aliphatic carbocycles. The molecule has 1 amide bonds. The van der Waals surface area contributed by atoms with Crippen molar-refractivity contribution >= 4 is 17.3 Å². The van der Waals surface area contributed by atoms with Crippen LogP contribution in [0.2, 0.25) is 0 Å². The minimum Gasteiger partial charge on any atom is -0.336 e. The van der Waals surface area contributed by atoms with Gasteiger partial charge in [0.1, 0.15) is 0 Å². The Morgan fingerprint density at radius 3 is 2.02 bits per heavy atom. The lowest BCUT2D eigenvalue weighted by Gasteiger charge is -2.29. The summed E-state index contributed by atoms with van der Waals surface area (Å²) in [6.45, 7) is 5.37. The number of aryl methyl sites for hydroxylation is 2. The fourth-order valence-electron chi connectivity index (χ4n) is 4.63. The number of halogens is 6. The lowest BCUT2D eigenvalue weighted by molar-refractivity contribution is -0.143. The number of aromatic nitrogens is 1. The van der Waals surface area contributed by atoms with Gasteiger partial charge in [-0.15, -0.1) is 0 Å². The average molecular weight is 576 g/mol. The molecule has 0 radical (unpaired) electrons. The Balaban J connectivity index is 1.99. The van der Waals surface area contributed by atoms with Gasteiger partial charge in [0, 0.05) is 67.3 Å². The van der Waals surface area contributed by atoms with E-state index in [2.05, 4.69) is 10.3 Å². The number of ketones is 1. The van der Waals surface area contributed by atoms with Crippen molar-refractivity contribution in [1.82, 2.24) is 15.2 Å². The number of hydrogen-bond acceptors (Lipinski definition) is 4. The summed E-state index contributed by atoms with van der Waals surface area (Å²) in [5, 5.41) is 3.12. The van der Waals surface area contributed by atoms with Gasteiger partial charge in [0.2, 0.25) is 0 Å². The number of carbonyl (C=O) groups excluding carboxylic acids is 2. The Labute approximate surface area is 232 Å². The van der Waals surface area contributed by atoms with Crippen molar-refractivity contribution < 1.29 is 35.9 Å². The van der Waals surface area contributed by atoms with E-state index in [9.17, 15) is 35.9 Å². The minimum atomic E-state index is -5.15. The zero-order valence-electron chi connectivity index (χ0n) is 22.3. The zero-order valence-corrected chi connectivity index (χ0v) is 22.3. The Bertz CT molecular complexity index is 1440. The molecule has 5 nitrogen and oxygen atoms in total. The number of benzene rings is 2. The smallest absolute Gasteiger partial charge is 0.336 e. The summed E-state index contributed by atoms with van der Waals surface area (Å²) < 4.78 is 81.9. The van der Waals surface area contributed by atoms with E-state index >= 15 is 0 Å². The van der Waals surface area contributed by atoms with Crippen LogP contribution in [0.1, 0.15) is 43.7 Å². The average Bonchev–Trinajstić information content (AvgIpc) is 2.94. The first-order valence-electron chi connectivity index (χ1n) is 12.8. The molecule has 1 aliphatic rings. The van der Waals surface area contributed by atoms with E-state index in [-0.39, 0.29) is 29.2 Å². The van der Waals surface area contributed by atoms with E-state index in [4.69, 9.17) is 0 Å². The fraction of sp³-hybridized carbons (Fsp3) is 0.300. The van der Waals surface area contributed by atoms with Crippen LogP contribution in [-0.4, -0.2) is 47.8 Å². The van der Waals surface area contributed by atoms with Crippen LogP contribution in [0, 0.1) is 13.8 Å². The highest BCUT2D eigenvalue weighted by molar-refractivity contribution is 6.33. The van der Waals surface area contributed by atoms with Gasteiger partial charge in [-0.05, 0) is 54.8 Å². The molecule has 0 bridgehead atoms. The third-order valence-electron chi connectivity index (χ3n) is 6.94. The maximum Gasteiger partial charge on any atom is 0.416 e. The van der Waals surface area contributed by atoms with Crippen molar-refractivity contribution in [2.45, 2.75) is 32.6 Å². The highest BCUT2D eigenvalue weighted by Crippen LogP contribution is 2.38. The molecule has 0 saturated carbocycles. The minimum absolute atomic E-state index is 0.0356. The predicted octanol–water partition coefficient (Wildman–Crippen LogP) is 6.05. The van der Waals surface area contributed by atoms with Crippen LogP contribution < -0.4 is 5.32 Å². The van der Waals surface area contributed by atoms with Crippen molar-refractivity contribution in [3.05, 3.63) is 105 Å². The van der Waals surface area contributed by atoms with Crippen LogP contribution in [0.3, 0.4) is 0 Å². The third-order valence-corrected chi connectivity index (χ3v) is 6.94. The van der Waals surface area contributed by atoms with Gasteiger partial charge in [-0.3, -0.25) is 14.6 Å². The number of pyridine rings is 1. The summed E-state index contributed by atoms with van der Waals surface area (Å²) in [5.74, 6) is -1.67. The predicted molar refractivity (Wildman–Crippen MR) is 141 cm³/mol. The molecule has 1 aromatic heterocycles. The summed E-state index contributed by atoms with van der Waals surface area (Å²) in [7, 11) is 0. The molecule has 0 spiro atoms. The molecule has 1 aliphatic heterocycles. The SMILES string of the molecule is Cc1ccc(CC(C(=O)N2CCNCC2)=C(C(=O)c2cc(C(F)(F)F)cc(C(F)(F)F)c2)c2cccnc2)cc1C. The van der Waals surface area contributed by atoms with Gasteiger partial charge in [0.05, 0.1) is 11.1 Å². The van der Waals surface area contributed by atoms with E-state index in [1.165, 1.54) is 29.4 Å². The summed E-state index contributed by atoms with van der Waals surface area (Å²) in [6.07, 6.45) is -7.71. The lowest BCUT2D eigenvalue weighted by Crippen LogP contribution is -2.47. The number of carbonyl (C=O) groups is 2. The second-order valence-electron chi connectivity index (χ2n) is 9.86. The molecule has 3 aromatic rings. The van der Waals surface area contributed by atoms with Crippen molar-refractivity contribution in [3.63, 3.8) is 0 Å². The topological polar surface area (TPSA) is 62.3 Å². The Hall–Kier alpha value is -3.99. The van der Waals surface area contributed by atoms with Gasteiger partial charge in [0.25, 0.3) is 5.91 Å². The molecule has 11 heteroatoms. The van der Waals surface area contributed by atoms with E-state index in [0.29, 0.717) is 43.9 Å². The maximum absolute atomic E-state index is 14.0.